The van der Waals surface area contributed by atoms with Crippen LogP contribution in [0.25, 0.3) is 0 Å². The fourth-order valence-corrected chi connectivity index (χ4v) is 3.61. The van der Waals surface area contributed by atoms with Gasteiger partial charge in [0.2, 0.25) is 0 Å². The summed E-state index contributed by atoms with van der Waals surface area (Å²) in [4.78, 5) is 25.5. The molecule has 0 radical (unpaired) electrons. The Morgan fingerprint density at radius 3 is 2.45 bits per heavy atom. The second-order valence-electron chi connectivity index (χ2n) is 6.46. The van der Waals surface area contributed by atoms with Gasteiger partial charge in [0.05, 0.1) is 0 Å². The van der Waals surface area contributed by atoms with Crippen LogP contribution >= 0.6 is 0 Å². The molecule has 1 aliphatic heterocycles. The van der Waals surface area contributed by atoms with Crippen molar-refractivity contribution in [2.45, 2.75) is 64.5 Å². The fraction of sp³-hybridized carbons (Fsp3) is 0.867. The minimum atomic E-state index is -0.953. The molecule has 20 heavy (non-hydrogen) atoms. The third-order valence-electron chi connectivity index (χ3n) is 4.72. The Balaban J connectivity index is 2.01. The smallest absolute Gasteiger partial charge is 0.326 e. The molecule has 0 aromatic carbocycles. The van der Waals surface area contributed by atoms with Crippen LogP contribution in [0.1, 0.15) is 52.4 Å². The molecular weight excluding hydrogens is 256 g/mol. The van der Waals surface area contributed by atoms with Crippen molar-refractivity contribution in [2.75, 3.05) is 6.54 Å². The molecular formula is C15H26N2O3. The molecule has 2 aliphatic rings. The Morgan fingerprint density at radius 1 is 1.15 bits per heavy atom. The first-order chi connectivity index (χ1) is 9.50. The van der Waals surface area contributed by atoms with E-state index in [1.54, 1.807) is 0 Å². The zero-order chi connectivity index (χ0) is 14.7. The van der Waals surface area contributed by atoms with Crippen LogP contribution in [-0.4, -0.2) is 40.6 Å². The number of rotatable bonds is 3. The van der Waals surface area contributed by atoms with Gasteiger partial charge in [-0.2, -0.15) is 0 Å². The van der Waals surface area contributed by atoms with Crippen LogP contribution in [0.4, 0.5) is 4.79 Å². The zero-order valence-electron chi connectivity index (χ0n) is 12.5. The van der Waals surface area contributed by atoms with E-state index in [-0.39, 0.29) is 11.9 Å². The van der Waals surface area contributed by atoms with Gasteiger partial charge in [-0.15, -0.1) is 0 Å². The molecule has 1 saturated carbocycles. The van der Waals surface area contributed by atoms with Crippen molar-refractivity contribution in [2.24, 2.45) is 11.8 Å². The van der Waals surface area contributed by atoms with Crippen molar-refractivity contribution in [1.82, 2.24) is 10.2 Å². The predicted molar refractivity (Wildman–Crippen MR) is 76.5 cm³/mol. The molecule has 0 aromatic heterocycles. The summed E-state index contributed by atoms with van der Waals surface area (Å²) >= 11 is 0. The van der Waals surface area contributed by atoms with Crippen LogP contribution in [0, 0.1) is 11.8 Å². The second-order valence-corrected chi connectivity index (χ2v) is 6.46. The lowest BCUT2D eigenvalue weighted by atomic mass is 9.78. The van der Waals surface area contributed by atoms with Crippen LogP contribution in [0.5, 0.6) is 0 Å². The highest BCUT2D eigenvalue weighted by atomic mass is 16.4. The van der Waals surface area contributed by atoms with E-state index >= 15 is 0 Å². The lowest BCUT2D eigenvalue weighted by Crippen LogP contribution is -2.56. The van der Waals surface area contributed by atoms with Gasteiger partial charge in [-0.1, -0.05) is 26.7 Å². The second kappa shape index (κ2) is 6.46. The molecule has 2 N–H and O–H groups in total. The highest BCUT2D eigenvalue weighted by Gasteiger charge is 2.37. The van der Waals surface area contributed by atoms with E-state index in [1.165, 1.54) is 25.7 Å². The summed E-state index contributed by atoms with van der Waals surface area (Å²) in [5, 5.41) is 11.9. The SMILES string of the molecule is CC(C)[C@@H](NC(=O)N1CCCC2CCCCC21)C(=O)O. The third kappa shape index (κ3) is 3.25. The van der Waals surface area contributed by atoms with Crippen LogP contribution < -0.4 is 5.32 Å². The molecule has 2 amide bonds. The number of amides is 2. The quantitative estimate of drug-likeness (QED) is 0.835. The maximum absolute atomic E-state index is 12.4. The first kappa shape index (κ1) is 15.1. The summed E-state index contributed by atoms with van der Waals surface area (Å²) < 4.78 is 0. The third-order valence-corrected chi connectivity index (χ3v) is 4.72. The van der Waals surface area contributed by atoms with Gasteiger partial charge in [-0.05, 0) is 37.5 Å². The molecule has 3 atom stereocenters. The van der Waals surface area contributed by atoms with Crippen molar-refractivity contribution < 1.29 is 14.7 Å². The standard InChI is InChI=1S/C15H26N2O3/c1-10(2)13(14(18)19)16-15(20)17-9-5-7-11-6-3-4-8-12(11)17/h10-13H,3-9H2,1-2H3,(H,16,20)(H,18,19)/t11?,12?,13-/m1/s1. The van der Waals surface area contributed by atoms with Gasteiger partial charge < -0.3 is 15.3 Å². The van der Waals surface area contributed by atoms with Crippen molar-refractivity contribution >= 4 is 12.0 Å². The van der Waals surface area contributed by atoms with Crippen LogP contribution in [-0.2, 0) is 4.79 Å². The summed E-state index contributed by atoms with van der Waals surface area (Å²) in [6, 6.07) is -0.673. The number of aliphatic carboxylic acids is 1. The number of carboxylic acid groups (broad SMARTS) is 1. The number of piperidine rings is 1. The first-order valence-electron chi connectivity index (χ1n) is 7.80. The van der Waals surface area contributed by atoms with E-state index in [9.17, 15) is 14.7 Å². The highest BCUT2D eigenvalue weighted by Crippen LogP contribution is 2.35. The Kier molecular flexibility index (Phi) is 4.89. The molecule has 0 aromatic rings. The molecule has 1 aliphatic carbocycles. The number of carbonyl (C=O) groups excluding carboxylic acids is 1. The number of urea groups is 1. The average Bonchev–Trinajstić information content (AvgIpc) is 2.43. The van der Waals surface area contributed by atoms with E-state index in [1.807, 2.05) is 18.7 Å². The maximum Gasteiger partial charge on any atom is 0.326 e. The molecule has 114 valence electrons. The first-order valence-corrected chi connectivity index (χ1v) is 7.80. The van der Waals surface area contributed by atoms with Crippen molar-refractivity contribution in [3.8, 4) is 0 Å². The van der Waals surface area contributed by atoms with Crippen molar-refractivity contribution in [1.29, 1.82) is 0 Å². The summed E-state index contributed by atoms with van der Waals surface area (Å²) in [5.41, 5.74) is 0. The topological polar surface area (TPSA) is 69.6 Å². The summed E-state index contributed by atoms with van der Waals surface area (Å²) in [7, 11) is 0. The Hall–Kier alpha value is -1.26. The number of fused-ring (bicyclic) bond motifs is 1. The van der Waals surface area contributed by atoms with Crippen LogP contribution in [0.2, 0.25) is 0 Å². The number of carbonyl (C=O) groups is 2. The van der Waals surface area contributed by atoms with E-state index in [0.717, 1.165) is 19.4 Å². The molecule has 1 saturated heterocycles. The number of carboxylic acids is 1. The Bertz CT molecular complexity index is 368. The number of likely N-dealkylation sites (tertiary alicyclic amines) is 1. The number of nitrogens with zero attached hydrogens (tertiary/aromatic N) is 1. The summed E-state index contributed by atoms with van der Waals surface area (Å²) in [5.74, 6) is -0.445. The average molecular weight is 282 g/mol. The minimum absolute atomic E-state index is 0.108. The molecule has 0 bridgehead atoms. The van der Waals surface area contributed by atoms with E-state index in [2.05, 4.69) is 5.32 Å². The van der Waals surface area contributed by atoms with Gasteiger partial charge >= 0.3 is 12.0 Å². The number of nitrogens with one attached hydrogen (secondary N) is 1. The van der Waals surface area contributed by atoms with Crippen LogP contribution in [0.15, 0.2) is 0 Å². The van der Waals surface area contributed by atoms with Gasteiger partial charge in [-0.25, -0.2) is 9.59 Å². The van der Waals surface area contributed by atoms with Gasteiger partial charge in [0.25, 0.3) is 0 Å². The molecule has 2 unspecified atom stereocenters. The molecule has 1 heterocycles. The van der Waals surface area contributed by atoms with E-state index in [0.29, 0.717) is 12.0 Å². The molecule has 2 rings (SSSR count). The Labute approximate surface area is 120 Å². The monoisotopic (exact) mass is 282 g/mol. The lowest BCUT2D eigenvalue weighted by Gasteiger charge is -2.44. The van der Waals surface area contributed by atoms with Crippen molar-refractivity contribution in [3.63, 3.8) is 0 Å². The predicted octanol–water partition coefficient (Wildman–Crippen LogP) is 2.46. The fourth-order valence-electron chi connectivity index (χ4n) is 3.61. The molecule has 0 spiro atoms. The summed E-state index contributed by atoms with van der Waals surface area (Å²) in [6.45, 7) is 4.40. The number of hydrogen-bond acceptors (Lipinski definition) is 2. The van der Waals surface area contributed by atoms with Gasteiger partial charge in [0.15, 0.2) is 0 Å². The molecule has 5 nitrogen and oxygen atoms in total. The Morgan fingerprint density at radius 2 is 1.80 bits per heavy atom. The van der Waals surface area contributed by atoms with Gasteiger partial charge in [0, 0.05) is 12.6 Å². The lowest BCUT2D eigenvalue weighted by molar-refractivity contribution is -0.140. The minimum Gasteiger partial charge on any atom is -0.480 e. The molecule has 2 fully saturated rings. The van der Waals surface area contributed by atoms with Gasteiger partial charge in [-0.3, -0.25) is 0 Å². The highest BCUT2D eigenvalue weighted by molar-refractivity contribution is 5.83. The van der Waals surface area contributed by atoms with Crippen LogP contribution in [0.3, 0.4) is 0 Å². The van der Waals surface area contributed by atoms with E-state index < -0.39 is 12.0 Å². The van der Waals surface area contributed by atoms with Gasteiger partial charge in [0.1, 0.15) is 6.04 Å². The normalized spacial score (nSPS) is 27.9. The zero-order valence-corrected chi connectivity index (χ0v) is 12.5. The van der Waals surface area contributed by atoms with Crippen molar-refractivity contribution in [3.05, 3.63) is 0 Å². The molecule has 5 heteroatoms. The maximum atomic E-state index is 12.4. The summed E-state index contributed by atoms with van der Waals surface area (Å²) in [6.07, 6.45) is 6.96. The van der Waals surface area contributed by atoms with E-state index in [4.69, 9.17) is 0 Å². The number of hydrogen-bond donors (Lipinski definition) is 2. The largest absolute Gasteiger partial charge is 0.480 e.